The van der Waals surface area contributed by atoms with Gasteiger partial charge in [0.1, 0.15) is 5.75 Å². The first-order valence-electron chi connectivity index (χ1n) is 8.73. The van der Waals surface area contributed by atoms with E-state index in [1.54, 1.807) is 25.3 Å². The van der Waals surface area contributed by atoms with Gasteiger partial charge >= 0.3 is 0 Å². The quantitative estimate of drug-likeness (QED) is 0.619. The second-order valence-corrected chi connectivity index (χ2v) is 10.2. The topological polar surface area (TPSA) is 89.5 Å². The first-order chi connectivity index (χ1) is 13.7. The van der Waals surface area contributed by atoms with Gasteiger partial charge in [0, 0.05) is 23.9 Å². The van der Waals surface area contributed by atoms with E-state index in [1.165, 1.54) is 24.3 Å². The summed E-state index contributed by atoms with van der Waals surface area (Å²) in [7, 11) is -5.70. The van der Waals surface area contributed by atoms with Crippen LogP contribution in [0.3, 0.4) is 0 Å². The lowest BCUT2D eigenvalue weighted by Gasteiger charge is -2.13. The van der Waals surface area contributed by atoms with Crippen LogP contribution >= 0.6 is 0 Å². The number of sulfonamides is 1. The Morgan fingerprint density at radius 2 is 1.45 bits per heavy atom. The van der Waals surface area contributed by atoms with E-state index in [-0.39, 0.29) is 9.79 Å². The minimum atomic E-state index is -3.87. The predicted molar refractivity (Wildman–Crippen MR) is 113 cm³/mol. The van der Waals surface area contributed by atoms with Gasteiger partial charge in [0.15, 0.2) is 9.84 Å². The summed E-state index contributed by atoms with van der Waals surface area (Å²) in [5.41, 5.74) is 2.30. The van der Waals surface area contributed by atoms with E-state index in [4.69, 9.17) is 4.74 Å². The van der Waals surface area contributed by atoms with Crippen LogP contribution in [0.1, 0.15) is 11.1 Å². The third-order valence-electron chi connectivity index (χ3n) is 4.33. The molecule has 0 aliphatic carbocycles. The van der Waals surface area contributed by atoms with Crippen LogP contribution in [0, 0.1) is 0 Å². The highest BCUT2D eigenvalue weighted by Gasteiger charge is 2.17. The summed E-state index contributed by atoms with van der Waals surface area (Å²) in [6.45, 7) is 0. The van der Waals surface area contributed by atoms with Crippen LogP contribution in [0.2, 0.25) is 0 Å². The number of nitrogens with one attached hydrogen (secondary N) is 1. The monoisotopic (exact) mass is 431 g/mol. The van der Waals surface area contributed by atoms with E-state index >= 15 is 0 Å². The average Bonchev–Trinajstić information content (AvgIpc) is 2.68. The number of anilines is 1. The zero-order valence-electron chi connectivity index (χ0n) is 16.0. The molecule has 29 heavy (non-hydrogen) atoms. The van der Waals surface area contributed by atoms with E-state index < -0.39 is 19.9 Å². The van der Waals surface area contributed by atoms with Gasteiger partial charge < -0.3 is 4.74 Å². The van der Waals surface area contributed by atoms with Gasteiger partial charge in [-0.15, -0.1) is 0 Å². The molecule has 0 aliphatic heterocycles. The van der Waals surface area contributed by atoms with Crippen LogP contribution in [0.5, 0.6) is 5.75 Å². The first-order valence-corrected chi connectivity index (χ1v) is 12.1. The summed E-state index contributed by atoms with van der Waals surface area (Å²) in [4.78, 5) is 0.0383. The highest BCUT2D eigenvalue weighted by Crippen LogP contribution is 2.27. The molecule has 1 N–H and O–H groups in total. The Kier molecular flexibility index (Phi) is 5.95. The van der Waals surface area contributed by atoms with Crippen molar-refractivity contribution in [2.45, 2.75) is 16.2 Å². The highest BCUT2D eigenvalue weighted by atomic mass is 32.2. The fourth-order valence-electron chi connectivity index (χ4n) is 2.88. The van der Waals surface area contributed by atoms with Gasteiger partial charge in [-0.2, -0.15) is 0 Å². The molecular weight excluding hydrogens is 410 g/mol. The molecule has 0 aromatic heterocycles. The predicted octanol–water partition coefficient (Wildman–Crippen LogP) is 3.49. The van der Waals surface area contributed by atoms with Crippen LogP contribution in [0.15, 0.2) is 82.6 Å². The zero-order chi connectivity index (χ0) is 21.1. The molecule has 152 valence electrons. The molecule has 0 fully saturated rings. The van der Waals surface area contributed by atoms with Gasteiger partial charge in [-0.3, -0.25) is 4.72 Å². The molecule has 0 heterocycles. The number of benzene rings is 3. The lowest BCUT2D eigenvalue weighted by atomic mass is 10.0. The number of hydrogen-bond acceptors (Lipinski definition) is 5. The van der Waals surface area contributed by atoms with Crippen molar-refractivity contribution in [3.8, 4) is 5.75 Å². The smallest absolute Gasteiger partial charge is 0.261 e. The van der Waals surface area contributed by atoms with Gasteiger partial charge in [0.2, 0.25) is 0 Å². The van der Waals surface area contributed by atoms with Crippen LogP contribution in [-0.4, -0.2) is 30.2 Å². The molecule has 0 saturated heterocycles. The minimum Gasteiger partial charge on any atom is -0.496 e. The molecule has 3 aromatic rings. The maximum absolute atomic E-state index is 12.7. The van der Waals surface area contributed by atoms with E-state index in [0.717, 1.165) is 17.4 Å². The summed E-state index contributed by atoms with van der Waals surface area (Å²) in [6.07, 6.45) is 1.66. The number of rotatable bonds is 7. The summed E-state index contributed by atoms with van der Waals surface area (Å²) in [6, 6.07) is 19.9. The molecule has 6 nitrogen and oxygen atoms in total. The third kappa shape index (κ3) is 5.16. The molecule has 0 amide bonds. The normalized spacial score (nSPS) is 11.8. The van der Waals surface area contributed by atoms with Crippen molar-refractivity contribution >= 4 is 25.5 Å². The van der Waals surface area contributed by atoms with Crippen molar-refractivity contribution < 1.29 is 21.6 Å². The lowest BCUT2D eigenvalue weighted by Crippen LogP contribution is -2.13. The van der Waals surface area contributed by atoms with E-state index in [9.17, 15) is 16.8 Å². The van der Waals surface area contributed by atoms with Crippen molar-refractivity contribution in [3.63, 3.8) is 0 Å². The van der Waals surface area contributed by atoms with Gasteiger partial charge in [0.05, 0.1) is 16.9 Å². The van der Waals surface area contributed by atoms with Crippen molar-refractivity contribution in [1.29, 1.82) is 0 Å². The molecule has 0 aliphatic rings. The molecule has 0 radical (unpaired) electrons. The number of sulfone groups is 1. The van der Waals surface area contributed by atoms with Gasteiger partial charge in [-0.05, 0) is 48.0 Å². The van der Waals surface area contributed by atoms with Crippen molar-refractivity contribution in [2.24, 2.45) is 0 Å². The SMILES string of the molecule is COc1ccc(NS(=O)(=O)c2ccc(S(C)(=O)=O)cc2)cc1Cc1ccccc1. The second kappa shape index (κ2) is 8.26. The van der Waals surface area contributed by atoms with E-state index in [1.807, 2.05) is 30.3 Å². The van der Waals surface area contributed by atoms with Gasteiger partial charge in [-0.1, -0.05) is 30.3 Å². The van der Waals surface area contributed by atoms with Crippen LogP contribution in [0.25, 0.3) is 0 Å². The molecule has 8 heteroatoms. The van der Waals surface area contributed by atoms with Crippen LogP contribution < -0.4 is 9.46 Å². The van der Waals surface area contributed by atoms with Crippen LogP contribution in [-0.2, 0) is 26.3 Å². The van der Waals surface area contributed by atoms with Gasteiger partial charge in [-0.25, -0.2) is 16.8 Å². The largest absolute Gasteiger partial charge is 0.496 e. The highest BCUT2D eigenvalue weighted by molar-refractivity contribution is 7.92. The minimum absolute atomic E-state index is 0.0228. The Morgan fingerprint density at radius 1 is 0.828 bits per heavy atom. The fourth-order valence-corrected chi connectivity index (χ4v) is 4.56. The Labute approximate surface area is 171 Å². The fraction of sp³-hybridized carbons (Fsp3) is 0.143. The van der Waals surface area contributed by atoms with Crippen molar-refractivity contribution in [3.05, 3.63) is 83.9 Å². The average molecular weight is 432 g/mol. The molecule has 3 aromatic carbocycles. The number of hydrogen-bond donors (Lipinski definition) is 1. The molecule has 0 atom stereocenters. The Hall–Kier alpha value is -2.84. The van der Waals surface area contributed by atoms with Gasteiger partial charge in [0.25, 0.3) is 10.0 Å². The maximum atomic E-state index is 12.7. The summed E-state index contributed by atoms with van der Waals surface area (Å²) < 4.78 is 56.4. The zero-order valence-corrected chi connectivity index (χ0v) is 17.6. The molecule has 0 bridgehead atoms. The molecule has 0 unspecified atom stereocenters. The Bertz CT molecular complexity index is 1200. The number of methoxy groups -OCH3 is 1. The summed E-state index contributed by atoms with van der Waals surface area (Å²) >= 11 is 0. The van der Waals surface area contributed by atoms with Crippen LogP contribution in [0.4, 0.5) is 5.69 Å². The Morgan fingerprint density at radius 3 is 2.03 bits per heavy atom. The number of ether oxygens (including phenoxy) is 1. The maximum Gasteiger partial charge on any atom is 0.261 e. The molecule has 3 rings (SSSR count). The standard InChI is InChI=1S/C21H21NO5S2/c1-27-21-13-8-18(15-17(21)14-16-6-4-3-5-7-16)22-29(25,26)20-11-9-19(10-12-20)28(2,23)24/h3-13,15,22H,14H2,1-2H3. The third-order valence-corrected chi connectivity index (χ3v) is 6.86. The molecular formula is C21H21NO5S2. The second-order valence-electron chi connectivity index (χ2n) is 6.54. The Balaban J connectivity index is 1.88. The lowest BCUT2D eigenvalue weighted by molar-refractivity contribution is 0.410. The molecule has 0 saturated carbocycles. The van der Waals surface area contributed by atoms with E-state index in [0.29, 0.717) is 17.9 Å². The first kappa shape index (κ1) is 20.9. The summed E-state index contributed by atoms with van der Waals surface area (Å²) in [5.74, 6) is 0.661. The molecule has 0 spiro atoms. The van der Waals surface area contributed by atoms with Crippen molar-refractivity contribution in [2.75, 3.05) is 18.1 Å². The summed E-state index contributed by atoms with van der Waals surface area (Å²) in [5, 5.41) is 0. The van der Waals surface area contributed by atoms with E-state index in [2.05, 4.69) is 4.72 Å². The van der Waals surface area contributed by atoms with Crippen molar-refractivity contribution in [1.82, 2.24) is 0 Å².